The Labute approximate surface area is 161 Å². The number of hydrogen-bond donors (Lipinski definition) is 3. The Balaban J connectivity index is 0.000000186. The van der Waals surface area contributed by atoms with E-state index in [1.807, 2.05) is 26.1 Å². The summed E-state index contributed by atoms with van der Waals surface area (Å²) in [5, 5.41) is 23.3. The number of nitro groups is 1. The van der Waals surface area contributed by atoms with Crippen LogP contribution in [-0.2, 0) is 0 Å². The number of H-pyrrole nitrogens is 2. The van der Waals surface area contributed by atoms with Gasteiger partial charge in [0.15, 0.2) is 0 Å². The molecule has 0 aliphatic carbocycles. The van der Waals surface area contributed by atoms with Crippen LogP contribution >= 0.6 is 0 Å². The van der Waals surface area contributed by atoms with Crippen molar-refractivity contribution in [2.24, 2.45) is 0 Å². The number of anilines is 1. The molecule has 0 aliphatic rings. The molecule has 28 heavy (non-hydrogen) atoms. The highest BCUT2D eigenvalue weighted by Crippen LogP contribution is 2.18. The Bertz CT molecular complexity index is 950. The molecule has 144 valence electrons. The highest BCUT2D eigenvalue weighted by Gasteiger charge is 2.07. The normalized spacial score (nSPS) is 9.50. The van der Waals surface area contributed by atoms with Gasteiger partial charge in [0, 0.05) is 46.9 Å². The van der Waals surface area contributed by atoms with Gasteiger partial charge in [-0.25, -0.2) is 4.98 Å². The van der Waals surface area contributed by atoms with Gasteiger partial charge in [0.05, 0.1) is 12.4 Å². The predicted octanol–water partition coefficient (Wildman–Crippen LogP) is 3.46. The third kappa shape index (κ3) is 5.46. The molecule has 4 heterocycles. The average Bonchev–Trinajstić information content (AvgIpc) is 3.45. The Kier molecular flexibility index (Phi) is 7.34. The third-order valence-corrected chi connectivity index (χ3v) is 3.38. The quantitative estimate of drug-likeness (QED) is 0.363. The lowest BCUT2D eigenvalue weighted by Gasteiger charge is -1.95. The van der Waals surface area contributed by atoms with Crippen molar-refractivity contribution in [3.63, 3.8) is 0 Å². The van der Waals surface area contributed by atoms with Crippen LogP contribution in [0, 0.1) is 10.1 Å². The molecule has 0 fully saturated rings. The number of pyridine rings is 2. The van der Waals surface area contributed by atoms with E-state index in [0.29, 0.717) is 5.82 Å². The van der Waals surface area contributed by atoms with E-state index in [1.165, 1.54) is 12.3 Å². The minimum Gasteiger partial charge on any atom is -0.384 e. The summed E-state index contributed by atoms with van der Waals surface area (Å²) in [6.45, 7) is 4.00. The summed E-state index contributed by atoms with van der Waals surface area (Å²) in [4.78, 5) is 17.5. The second-order valence-corrected chi connectivity index (χ2v) is 5.11. The number of aromatic amines is 2. The van der Waals surface area contributed by atoms with Crippen molar-refractivity contribution in [1.82, 2.24) is 30.4 Å². The van der Waals surface area contributed by atoms with Gasteiger partial charge in [0.25, 0.3) is 0 Å². The van der Waals surface area contributed by atoms with Gasteiger partial charge >= 0.3 is 5.82 Å². The van der Waals surface area contributed by atoms with Crippen LogP contribution in [0.2, 0.25) is 0 Å². The lowest BCUT2D eigenvalue weighted by Crippen LogP contribution is -1.90. The van der Waals surface area contributed by atoms with Crippen molar-refractivity contribution in [3.05, 3.63) is 71.6 Å². The smallest absolute Gasteiger partial charge is 0.363 e. The summed E-state index contributed by atoms with van der Waals surface area (Å²) in [7, 11) is 0. The van der Waals surface area contributed by atoms with Crippen LogP contribution in [0.25, 0.3) is 22.3 Å². The summed E-state index contributed by atoms with van der Waals surface area (Å²) < 4.78 is 0. The standard InChI is InChI=1S/C8H6N4O2.C8H8N4.C2H6/c13-12(14)8-2-1-6(3-9-8)7-4-10-11-5-7;9-8-2-1-6(3-10-8)7-4-11-12-5-7;1-2/h1-5H,(H,10,11);1-5H,(H2,9,10)(H,11,12);1-2H3. The Morgan fingerprint density at radius 2 is 1.36 bits per heavy atom. The first-order valence-corrected chi connectivity index (χ1v) is 8.44. The van der Waals surface area contributed by atoms with Gasteiger partial charge in [-0.15, -0.1) is 0 Å². The number of hydrogen-bond acceptors (Lipinski definition) is 7. The zero-order valence-corrected chi connectivity index (χ0v) is 15.4. The first kappa shape index (κ1) is 20.2. The Hall–Kier alpha value is -4.08. The van der Waals surface area contributed by atoms with Crippen molar-refractivity contribution in [1.29, 1.82) is 0 Å². The minimum atomic E-state index is -0.529. The Morgan fingerprint density at radius 1 is 0.821 bits per heavy atom. The fourth-order valence-electron chi connectivity index (χ4n) is 2.06. The van der Waals surface area contributed by atoms with Gasteiger partial charge in [0.1, 0.15) is 12.0 Å². The van der Waals surface area contributed by atoms with Crippen molar-refractivity contribution < 1.29 is 4.92 Å². The number of nitrogens with two attached hydrogens (primary N) is 1. The van der Waals surface area contributed by atoms with E-state index in [9.17, 15) is 10.1 Å². The van der Waals surface area contributed by atoms with Crippen LogP contribution in [0.4, 0.5) is 11.6 Å². The highest BCUT2D eigenvalue weighted by molar-refractivity contribution is 5.61. The molecule has 0 atom stereocenters. The molecule has 0 aliphatic heterocycles. The maximum absolute atomic E-state index is 10.3. The van der Waals surface area contributed by atoms with Crippen LogP contribution in [0.15, 0.2) is 61.4 Å². The molecule has 0 saturated carbocycles. The van der Waals surface area contributed by atoms with E-state index in [4.69, 9.17) is 5.73 Å². The number of rotatable bonds is 3. The Morgan fingerprint density at radius 3 is 1.71 bits per heavy atom. The maximum atomic E-state index is 10.3. The fraction of sp³-hybridized carbons (Fsp3) is 0.111. The van der Waals surface area contributed by atoms with Crippen LogP contribution in [0.5, 0.6) is 0 Å². The topological polar surface area (TPSA) is 152 Å². The van der Waals surface area contributed by atoms with Gasteiger partial charge in [0.2, 0.25) is 0 Å². The summed E-state index contributed by atoms with van der Waals surface area (Å²) in [5.41, 5.74) is 9.12. The van der Waals surface area contributed by atoms with E-state index in [2.05, 4.69) is 30.4 Å². The van der Waals surface area contributed by atoms with Crippen molar-refractivity contribution in [3.8, 4) is 22.3 Å². The number of nitrogens with one attached hydrogen (secondary N) is 2. The van der Waals surface area contributed by atoms with Crippen LogP contribution in [0.1, 0.15) is 13.8 Å². The van der Waals surface area contributed by atoms with Crippen molar-refractivity contribution in [2.75, 3.05) is 5.73 Å². The molecule has 10 heteroatoms. The lowest BCUT2D eigenvalue weighted by molar-refractivity contribution is -0.389. The van der Waals surface area contributed by atoms with Crippen LogP contribution in [-0.4, -0.2) is 35.3 Å². The molecule has 0 radical (unpaired) electrons. The molecule has 4 rings (SSSR count). The molecule has 4 N–H and O–H groups in total. The largest absolute Gasteiger partial charge is 0.384 e. The molecule has 0 spiro atoms. The molecule has 0 aromatic carbocycles. The first-order valence-electron chi connectivity index (χ1n) is 8.44. The lowest BCUT2D eigenvalue weighted by atomic mass is 10.2. The molecule has 10 nitrogen and oxygen atoms in total. The number of nitrogen functional groups attached to an aromatic ring is 1. The summed E-state index contributed by atoms with van der Waals surface area (Å²) in [6, 6.07) is 6.67. The predicted molar refractivity (Wildman–Crippen MR) is 106 cm³/mol. The second-order valence-electron chi connectivity index (χ2n) is 5.11. The average molecular weight is 380 g/mol. The maximum Gasteiger partial charge on any atom is 0.363 e. The fourth-order valence-corrected chi connectivity index (χ4v) is 2.06. The molecule has 0 amide bonds. The van der Waals surface area contributed by atoms with Gasteiger partial charge in [-0.05, 0) is 28.1 Å². The summed E-state index contributed by atoms with van der Waals surface area (Å²) in [5.74, 6) is 0.375. The first-order chi connectivity index (χ1) is 13.6. The molecular weight excluding hydrogens is 360 g/mol. The molecule has 0 bridgehead atoms. The van der Waals surface area contributed by atoms with E-state index < -0.39 is 4.92 Å². The number of nitrogens with zero attached hydrogens (tertiary/aromatic N) is 5. The zero-order chi connectivity index (χ0) is 20.4. The van der Waals surface area contributed by atoms with E-state index in [1.54, 1.807) is 36.9 Å². The van der Waals surface area contributed by atoms with Crippen LogP contribution < -0.4 is 5.73 Å². The van der Waals surface area contributed by atoms with Gasteiger partial charge < -0.3 is 15.8 Å². The zero-order valence-electron chi connectivity index (χ0n) is 15.4. The van der Waals surface area contributed by atoms with Crippen LogP contribution in [0.3, 0.4) is 0 Å². The van der Waals surface area contributed by atoms with E-state index in [0.717, 1.165) is 22.3 Å². The number of aromatic nitrogens is 6. The van der Waals surface area contributed by atoms with E-state index in [-0.39, 0.29) is 5.82 Å². The molecule has 0 unspecified atom stereocenters. The molecule has 4 aromatic rings. The highest BCUT2D eigenvalue weighted by atomic mass is 16.6. The third-order valence-electron chi connectivity index (χ3n) is 3.38. The van der Waals surface area contributed by atoms with Gasteiger partial charge in [-0.2, -0.15) is 10.2 Å². The van der Waals surface area contributed by atoms with E-state index >= 15 is 0 Å². The van der Waals surface area contributed by atoms with Crippen molar-refractivity contribution >= 4 is 11.6 Å². The van der Waals surface area contributed by atoms with Gasteiger partial charge in [-0.3, -0.25) is 10.2 Å². The SMILES string of the molecule is CC.Nc1ccc(-c2cn[nH]c2)cn1.O=[N+]([O-])c1ccc(-c2cn[nH]c2)cn1. The minimum absolute atomic E-state index is 0.155. The summed E-state index contributed by atoms with van der Waals surface area (Å²) >= 11 is 0. The van der Waals surface area contributed by atoms with Crippen molar-refractivity contribution in [2.45, 2.75) is 13.8 Å². The monoisotopic (exact) mass is 380 g/mol. The van der Waals surface area contributed by atoms with Gasteiger partial charge in [-0.1, -0.05) is 13.8 Å². The molecule has 4 aromatic heterocycles. The molecule has 0 saturated heterocycles. The molecular formula is C18H20N8O2. The summed E-state index contributed by atoms with van der Waals surface area (Å²) in [6.07, 6.45) is 10.1. The second kappa shape index (κ2) is 10.2.